The average Bonchev–Trinajstić information content (AvgIpc) is 0. The molecule has 0 N–H and O–H groups in total. The first kappa shape index (κ1) is 33.8. The Bertz CT molecular complexity index is 6.00. The molecule has 0 spiro atoms. The minimum Gasteiger partial charge on any atom is -0.358 e. The second-order valence-electron chi connectivity index (χ2n) is 0. The van der Waals surface area contributed by atoms with Crippen molar-refractivity contribution in [3.8, 4) is 0 Å². The number of rotatable bonds is 0. The Morgan fingerprint density at radius 1 is 0.750 bits per heavy atom. The van der Waals surface area contributed by atoms with Gasteiger partial charge in [-0.25, -0.2) is 0 Å². The Morgan fingerprint density at radius 2 is 0.750 bits per heavy atom. The van der Waals surface area contributed by atoms with Crippen molar-refractivity contribution in [3.63, 3.8) is 0 Å². The van der Waals surface area contributed by atoms with Gasteiger partial charge in [0.1, 0.15) is 0 Å². The van der Waals surface area contributed by atoms with Crippen LogP contribution in [0.25, 0.3) is 0 Å². The molecule has 0 aromatic rings. The smallest absolute Gasteiger partial charge is 0 e. The molecule has 0 saturated carbocycles. The van der Waals surface area contributed by atoms with Crippen LogP contribution >= 0.6 is 0 Å². The summed E-state index contributed by atoms with van der Waals surface area (Å²) in [6.07, 6.45) is 0. The van der Waals surface area contributed by atoms with Crippen LogP contribution < -0.4 is 0 Å². The molecule has 4 heavy (non-hydrogen) atoms. The predicted molar refractivity (Wildman–Crippen MR) is 12.2 cm³/mol. The van der Waals surface area contributed by atoms with Crippen LogP contribution in [0, 0.1) is 7.43 Å². The first-order valence-electron chi connectivity index (χ1n) is 0. The molecule has 0 atom stereocenters. The van der Waals surface area contributed by atoms with E-state index in [4.69, 9.17) is 0 Å². The Kier molecular flexibility index (Phi) is 157. The van der Waals surface area contributed by atoms with Gasteiger partial charge in [0.15, 0.2) is 0 Å². The summed E-state index contributed by atoms with van der Waals surface area (Å²) in [5, 5.41) is 0. The molecule has 0 saturated heterocycles. The van der Waals surface area contributed by atoms with Gasteiger partial charge in [-0.05, 0) is 0 Å². The maximum atomic E-state index is 0. The van der Waals surface area contributed by atoms with Gasteiger partial charge in [-0.3, -0.25) is 0 Å². The fourth-order valence-corrected chi connectivity index (χ4v) is 0. The molecule has 0 aromatic heterocycles. The molecule has 0 aliphatic rings. The molecular formula is CH3BY2-. The molecule has 0 amide bonds. The standard InChI is InChI=1S/CH3.B.2Y/h1H3;;;/q-1;;;. The fourth-order valence-electron chi connectivity index (χ4n) is 0. The monoisotopic (exact) mass is 204 g/mol. The summed E-state index contributed by atoms with van der Waals surface area (Å²) in [7, 11) is 0. The van der Waals surface area contributed by atoms with Crippen molar-refractivity contribution in [3.05, 3.63) is 7.43 Å². The normalized spacial score (nSPS) is 0. The van der Waals surface area contributed by atoms with Gasteiger partial charge in [0, 0.05) is 73.8 Å². The van der Waals surface area contributed by atoms with E-state index in [1.807, 2.05) is 0 Å². The van der Waals surface area contributed by atoms with Crippen LogP contribution in [-0.4, -0.2) is 8.41 Å². The van der Waals surface area contributed by atoms with Crippen molar-refractivity contribution in [2.45, 2.75) is 0 Å². The molecular weight excluding hydrogens is 201 g/mol. The molecule has 5 radical (unpaired) electrons. The van der Waals surface area contributed by atoms with Crippen molar-refractivity contribution in [1.29, 1.82) is 0 Å². The van der Waals surface area contributed by atoms with Crippen LogP contribution in [0.2, 0.25) is 0 Å². The van der Waals surface area contributed by atoms with Crippen molar-refractivity contribution in [2.24, 2.45) is 0 Å². The van der Waals surface area contributed by atoms with E-state index in [0.717, 1.165) is 0 Å². The first-order chi connectivity index (χ1) is 0. The van der Waals surface area contributed by atoms with Crippen molar-refractivity contribution >= 4 is 8.41 Å². The maximum absolute atomic E-state index is 0. The molecule has 0 fully saturated rings. The Balaban J connectivity index is 0. The molecule has 0 aliphatic carbocycles. The number of hydrogen-bond donors (Lipinski definition) is 0. The van der Waals surface area contributed by atoms with E-state index in [9.17, 15) is 0 Å². The summed E-state index contributed by atoms with van der Waals surface area (Å²) in [4.78, 5) is 0. The first-order valence-corrected chi connectivity index (χ1v) is 0. The summed E-state index contributed by atoms with van der Waals surface area (Å²) >= 11 is 0. The summed E-state index contributed by atoms with van der Waals surface area (Å²) < 4.78 is 0. The summed E-state index contributed by atoms with van der Waals surface area (Å²) in [6, 6.07) is 0. The van der Waals surface area contributed by atoms with Gasteiger partial charge >= 0.3 is 0 Å². The van der Waals surface area contributed by atoms with Crippen LogP contribution in [0.3, 0.4) is 0 Å². The molecule has 0 aromatic carbocycles. The average molecular weight is 204 g/mol. The van der Waals surface area contributed by atoms with Crippen molar-refractivity contribution in [2.75, 3.05) is 0 Å². The molecule has 0 nitrogen and oxygen atoms in total. The molecule has 0 heterocycles. The Labute approximate surface area is 79.8 Å². The quantitative estimate of drug-likeness (QED) is 0.386. The number of hydrogen-bond acceptors (Lipinski definition) is 0. The SMILES string of the molecule is [B].[CH3-].[Y].[Y]. The molecule has 0 aliphatic heterocycles. The minimum atomic E-state index is 0. The van der Waals surface area contributed by atoms with E-state index in [1.54, 1.807) is 0 Å². The third-order valence-electron chi connectivity index (χ3n) is 0. The Morgan fingerprint density at radius 3 is 0.750 bits per heavy atom. The zero-order chi connectivity index (χ0) is 0. The van der Waals surface area contributed by atoms with Gasteiger partial charge < -0.3 is 7.43 Å². The van der Waals surface area contributed by atoms with Crippen LogP contribution in [0.5, 0.6) is 0 Å². The topological polar surface area (TPSA) is 0 Å². The summed E-state index contributed by atoms with van der Waals surface area (Å²) in [5.74, 6) is 0. The molecule has 3 heteroatoms. The van der Waals surface area contributed by atoms with E-state index >= 15 is 0 Å². The predicted octanol–water partition coefficient (Wildman–Crippen LogP) is 0.0645. The third kappa shape index (κ3) is 8.86. The Hall–Kier alpha value is 2.27. The molecule has 0 rings (SSSR count). The maximum Gasteiger partial charge on any atom is 0 e. The van der Waals surface area contributed by atoms with E-state index in [1.165, 1.54) is 0 Å². The van der Waals surface area contributed by atoms with Gasteiger partial charge in [0.25, 0.3) is 0 Å². The molecule has 0 bridgehead atoms. The van der Waals surface area contributed by atoms with E-state index < -0.39 is 0 Å². The minimum absolute atomic E-state index is 0. The zero-order valence-electron chi connectivity index (χ0n) is 2.73. The van der Waals surface area contributed by atoms with E-state index in [0.29, 0.717) is 0 Å². The zero-order valence-corrected chi connectivity index (χ0v) is 8.41. The second-order valence-corrected chi connectivity index (χ2v) is 0. The van der Waals surface area contributed by atoms with Gasteiger partial charge in [-0.15, -0.1) is 0 Å². The molecule has 0 unspecified atom stereocenters. The third-order valence-corrected chi connectivity index (χ3v) is 0. The van der Waals surface area contributed by atoms with Gasteiger partial charge in [0.05, 0.1) is 0 Å². The molecule has 17 valence electrons. The second kappa shape index (κ2) is 18.6. The summed E-state index contributed by atoms with van der Waals surface area (Å²) in [6.45, 7) is 0. The van der Waals surface area contributed by atoms with Crippen molar-refractivity contribution < 1.29 is 65.4 Å². The summed E-state index contributed by atoms with van der Waals surface area (Å²) in [5.41, 5.74) is 0. The van der Waals surface area contributed by atoms with Crippen LogP contribution in [0.1, 0.15) is 0 Å². The van der Waals surface area contributed by atoms with Crippen molar-refractivity contribution in [1.82, 2.24) is 0 Å². The van der Waals surface area contributed by atoms with Gasteiger partial charge in [-0.1, -0.05) is 0 Å². The van der Waals surface area contributed by atoms with Gasteiger partial charge in [0.2, 0.25) is 0 Å². The van der Waals surface area contributed by atoms with E-state index in [-0.39, 0.29) is 81.3 Å². The largest absolute Gasteiger partial charge is 0.358 e. The van der Waals surface area contributed by atoms with Crippen LogP contribution in [0.4, 0.5) is 0 Å². The van der Waals surface area contributed by atoms with Crippen LogP contribution in [0.15, 0.2) is 0 Å². The van der Waals surface area contributed by atoms with Gasteiger partial charge in [-0.2, -0.15) is 0 Å². The fraction of sp³-hybridized carbons (Fsp3) is 0. The van der Waals surface area contributed by atoms with Crippen LogP contribution in [-0.2, 0) is 65.4 Å². The van der Waals surface area contributed by atoms with E-state index in [2.05, 4.69) is 0 Å².